The normalized spacial score (nSPS) is 14.1. The van der Waals surface area contributed by atoms with Gasteiger partial charge >= 0.3 is 5.97 Å². The van der Waals surface area contributed by atoms with Crippen LogP contribution in [0.25, 0.3) is 0 Å². The second-order valence-corrected chi connectivity index (χ2v) is 3.68. The smallest absolute Gasteiger partial charge is 0.328 e. The molecule has 0 bridgehead atoms. The minimum absolute atomic E-state index is 0.0469. The van der Waals surface area contributed by atoms with Crippen LogP contribution in [0.2, 0.25) is 0 Å². The molecule has 0 aliphatic heterocycles. The Bertz CT molecular complexity index is 438. The zero-order valence-corrected chi connectivity index (χ0v) is 9.72. The van der Waals surface area contributed by atoms with Gasteiger partial charge in [-0.1, -0.05) is 0 Å². The summed E-state index contributed by atoms with van der Waals surface area (Å²) in [6.07, 6.45) is -1.21. The standard InChI is InChI=1S/C10H14N2O5/c1-4-8(17-6(3)11-4)9(14)12-7(5(2)13)10(15)16/h5,7,13H,1-3H3,(H,12,14)(H,15,16)/t5-,7+/m1/s1. The molecule has 7 nitrogen and oxygen atoms in total. The predicted molar refractivity (Wildman–Crippen MR) is 56.5 cm³/mol. The highest BCUT2D eigenvalue weighted by molar-refractivity contribution is 5.95. The number of amides is 1. The van der Waals surface area contributed by atoms with E-state index >= 15 is 0 Å². The second kappa shape index (κ2) is 4.96. The molecule has 0 saturated carbocycles. The molecule has 94 valence electrons. The lowest BCUT2D eigenvalue weighted by atomic mass is 10.2. The van der Waals surface area contributed by atoms with Crippen molar-refractivity contribution in [3.8, 4) is 0 Å². The fourth-order valence-electron chi connectivity index (χ4n) is 1.34. The van der Waals surface area contributed by atoms with Crippen LogP contribution in [0.4, 0.5) is 0 Å². The quantitative estimate of drug-likeness (QED) is 0.677. The van der Waals surface area contributed by atoms with E-state index in [1.165, 1.54) is 6.92 Å². The zero-order valence-electron chi connectivity index (χ0n) is 9.72. The van der Waals surface area contributed by atoms with E-state index in [0.717, 1.165) is 0 Å². The molecular weight excluding hydrogens is 228 g/mol. The van der Waals surface area contributed by atoms with Crippen LogP contribution in [0.3, 0.4) is 0 Å². The van der Waals surface area contributed by atoms with Crippen molar-refractivity contribution in [1.29, 1.82) is 0 Å². The molecule has 1 heterocycles. The van der Waals surface area contributed by atoms with Crippen molar-refractivity contribution in [2.75, 3.05) is 0 Å². The highest BCUT2D eigenvalue weighted by atomic mass is 16.4. The first-order chi connectivity index (χ1) is 7.82. The number of carboxylic acids is 1. The molecule has 7 heteroatoms. The van der Waals surface area contributed by atoms with Crippen LogP contribution in [0.15, 0.2) is 4.42 Å². The molecule has 2 atom stereocenters. The van der Waals surface area contributed by atoms with Crippen LogP contribution in [-0.2, 0) is 4.79 Å². The van der Waals surface area contributed by atoms with E-state index in [1.807, 2.05) is 0 Å². The number of hydrogen-bond donors (Lipinski definition) is 3. The Kier molecular flexibility index (Phi) is 3.84. The lowest BCUT2D eigenvalue weighted by Crippen LogP contribution is -2.47. The van der Waals surface area contributed by atoms with Crippen LogP contribution < -0.4 is 5.32 Å². The maximum Gasteiger partial charge on any atom is 0.328 e. The van der Waals surface area contributed by atoms with Gasteiger partial charge in [0.2, 0.25) is 5.76 Å². The molecule has 1 aromatic rings. The summed E-state index contributed by atoms with van der Waals surface area (Å²) in [5.74, 6) is -1.76. The number of aromatic nitrogens is 1. The summed E-state index contributed by atoms with van der Waals surface area (Å²) in [6.45, 7) is 4.42. The fraction of sp³-hybridized carbons (Fsp3) is 0.500. The van der Waals surface area contributed by atoms with Gasteiger partial charge in [0.25, 0.3) is 5.91 Å². The molecule has 1 rings (SSSR count). The first-order valence-electron chi connectivity index (χ1n) is 4.98. The molecule has 0 aliphatic rings. The minimum atomic E-state index is -1.38. The van der Waals surface area contributed by atoms with Gasteiger partial charge in [-0.2, -0.15) is 0 Å². The van der Waals surface area contributed by atoms with Crippen LogP contribution in [0, 0.1) is 13.8 Å². The third-order valence-corrected chi connectivity index (χ3v) is 2.14. The first-order valence-corrected chi connectivity index (χ1v) is 4.98. The maximum atomic E-state index is 11.7. The molecule has 17 heavy (non-hydrogen) atoms. The molecule has 0 unspecified atom stereocenters. The molecule has 3 N–H and O–H groups in total. The van der Waals surface area contributed by atoms with Gasteiger partial charge in [0, 0.05) is 6.92 Å². The summed E-state index contributed by atoms with van der Waals surface area (Å²) in [5, 5.41) is 20.2. The van der Waals surface area contributed by atoms with Gasteiger partial charge in [0.15, 0.2) is 11.9 Å². The number of nitrogens with one attached hydrogen (secondary N) is 1. The average Bonchev–Trinajstić information content (AvgIpc) is 2.53. The summed E-state index contributed by atoms with van der Waals surface area (Å²) in [7, 11) is 0. The third kappa shape index (κ3) is 3.04. The number of aryl methyl sites for hydroxylation is 2. The van der Waals surface area contributed by atoms with E-state index in [2.05, 4.69) is 10.3 Å². The first kappa shape index (κ1) is 13.2. The number of rotatable bonds is 4. The van der Waals surface area contributed by atoms with Crippen molar-refractivity contribution in [3.63, 3.8) is 0 Å². The molecule has 0 spiro atoms. The highest BCUT2D eigenvalue weighted by Gasteiger charge is 2.27. The van der Waals surface area contributed by atoms with Gasteiger partial charge in [-0.05, 0) is 13.8 Å². The lowest BCUT2D eigenvalue weighted by Gasteiger charge is -2.16. The van der Waals surface area contributed by atoms with Gasteiger partial charge in [-0.25, -0.2) is 9.78 Å². The number of oxazole rings is 1. The maximum absolute atomic E-state index is 11.7. The molecule has 0 saturated heterocycles. The summed E-state index contributed by atoms with van der Waals surface area (Å²) < 4.78 is 5.04. The van der Waals surface area contributed by atoms with Crippen LogP contribution in [0.1, 0.15) is 29.1 Å². The van der Waals surface area contributed by atoms with Crippen molar-refractivity contribution in [2.45, 2.75) is 32.9 Å². The van der Waals surface area contributed by atoms with E-state index < -0.39 is 24.0 Å². The van der Waals surface area contributed by atoms with E-state index in [0.29, 0.717) is 11.6 Å². The van der Waals surface area contributed by atoms with Crippen LogP contribution >= 0.6 is 0 Å². The SMILES string of the molecule is Cc1nc(C)c(C(=O)N[C@H](C(=O)O)[C@@H](C)O)o1. The molecule has 0 aromatic carbocycles. The topological polar surface area (TPSA) is 113 Å². The number of aliphatic carboxylic acids is 1. The molecular formula is C10H14N2O5. The van der Waals surface area contributed by atoms with Crippen molar-refractivity contribution in [3.05, 3.63) is 17.3 Å². The summed E-state index contributed by atoms with van der Waals surface area (Å²) >= 11 is 0. The Balaban J connectivity index is 2.85. The Labute approximate surface area is 97.5 Å². The van der Waals surface area contributed by atoms with Gasteiger partial charge < -0.3 is 19.9 Å². The lowest BCUT2D eigenvalue weighted by molar-refractivity contribution is -0.141. The molecule has 1 aromatic heterocycles. The predicted octanol–water partition coefficient (Wildman–Crippen LogP) is -0.145. The second-order valence-electron chi connectivity index (χ2n) is 3.68. The van der Waals surface area contributed by atoms with E-state index in [1.54, 1.807) is 13.8 Å². The molecule has 0 radical (unpaired) electrons. The number of aliphatic hydroxyl groups excluding tert-OH is 1. The summed E-state index contributed by atoms with van der Waals surface area (Å²) in [4.78, 5) is 26.3. The number of aliphatic hydroxyl groups is 1. The Morgan fingerprint density at radius 3 is 2.35 bits per heavy atom. The van der Waals surface area contributed by atoms with Crippen molar-refractivity contribution in [2.24, 2.45) is 0 Å². The van der Waals surface area contributed by atoms with Crippen molar-refractivity contribution >= 4 is 11.9 Å². The number of carbonyl (C=O) groups is 2. The van der Waals surface area contributed by atoms with Gasteiger partial charge in [-0.3, -0.25) is 4.79 Å². The summed E-state index contributed by atoms with van der Waals surface area (Å²) in [6, 6.07) is -1.38. The van der Waals surface area contributed by atoms with E-state index in [4.69, 9.17) is 9.52 Å². The Morgan fingerprint density at radius 2 is 2.00 bits per heavy atom. The monoisotopic (exact) mass is 242 g/mol. The minimum Gasteiger partial charge on any atom is -0.480 e. The number of carbonyl (C=O) groups excluding carboxylic acids is 1. The zero-order chi connectivity index (χ0) is 13.2. The Morgan fingerprint density at radius 1 is 1.41 bits per heavy atom. The highest BCUT2D eigenvalue weighted by Crippen LogP contribution is 2.09. The fourth-order valence-corrected chi connectivity index (χ4v) is 1.34. The van der Waals surface area contributed by atoms with Gasteiger partial charge in [0.1, 0.15) is 0 Å². The van der Waals surface area contributed by atoms with Gasteiger partial charge in [0.05, 0.1) is 11.8 Å². The Hall–Kier alpha value is -1.89. The van der Waals surface area contributed by atoms with Crippen molar-refractivity contribution in [1.82, 2.24) is 10.3 Å². The average molecular weight is 242 g/mol. The number of hydrogen-bond acceptors (Lipinski definition) is 5. The summed E-state index contributed by atoms with van der Waals surface area (Å²) in [5.41, 5.74) is 0.370. The third-order valence-electron chi connectivity index (χ3n) is 2.14. The molecule has 1 amide bonds. The van der Waals surface area contributed by atoms with Crippen LogP contribution in [-0.4, -0.2) is 39.2 Å². The largest absolute Gasteiger partial charge is 0.480 e. The van der Waals surface area contributed by atoms with Crippen molar-refractivity contribution < 1.29 is 24.2 Å². The van der Waals surface area contributed by atoms with E-state index in [-0.39, 0.29) is 5.76 Å². The van der Waals surface area contributed by atoms with Crippen LogP contribution in [0.5, 0.6) is 0 Å². The number of carboxylic acid groups (broad SMARTS) is 1. The number of nitrogens with zero attached hydrogens (tertiary/aromatic N) is 1. The molecule has 0 fully saturated rings. The molecule has 0 aliphatic carbocycles. The van der Waals surface area contributed by atoms with Gasteiger partial charge in [-0.15, -0.1) is 0 Å². The van der Waals surface area contributed by atoms with E-state index in [9.17, 15) is 14.7 Å².